The van der Waals surface area contributed by atoms with Crippen LogP contribution in [-0.2, 0) is 0 Å². The lowest BCUT2D eigenvalue weighted by Gasteiger charge is -2.37. The zero-order valence-corrected chi connectivity index (χ0v) is 15.0. The summed E-state index contributed by atoms with van der Waals surface area (Å²) in [5, 5.41) is 3.84. The minimum atomic E-state index is 0.553. The molecule has 2 rings (SSSR count). The molecule has 20 heavy (non-hydrogen) atoms. The van der Waals surface area contributed by atoms with Crippen LogP contribution in [0, 0.1) is 15.4 Å². The van der Waals surface area contributed by atoms with Crippen LogP contribution in [0.3, 0.4) is 0 Å². The molecule has 1 aliphatic carbocycles. The highest BCUT2D eigenvalue weighted by Gasteiger charge is 2.31. The van der Waals surface area contributed by atoms with E-state index in [0.717, 1.165) is 18.4 Å². The summed E-state index contributed by atoms with van der Waals surface area (Å²) in [5.74, 6) is 1.72. The van der Waals surface area contributed by atoms with Gasteiger partial charge in [0.25, 0.3) is 0 Å². The van der Waals surface area contributed by atoms with Crippen LogP contribution in [0.2, 0.25) is 0 Å². The lowest BCUT2D eigenvalue weighted by molar-refractivity contribution is 0.175. The fourth-order valence-electron chi connectivity index (χ4n) is 3.67. The zero-order chi connectivity index (χ0) is 14.4. The first kappa shape index (κ1) is 16.3. The summed E-state index contributed by atoms with van der Waals surface area (Å²) < 4.78 is 1.33. The number of nitrogens with one attached hydrogen (secondary N) is 1. The zero-order valence-electron chi connectivity index (χ0n) is 12.9. The van der Waals surface area contributed by atoms with Crippen molar-refractivity contribution in [3.8, 4) is 0 Å². The van der Waals surface area contributed by atoms with E-state index in [-0.39, 0.29) is 0 Å². The monoisotopic (exact) mass is 385 g/mol. The Morgan fingerprint density at radius 3 is 2.50 bits per heavy atom. The van der Waals surface area contributed by atoms with Crippen molar-refractivity contribution >= 4 is 22.6 Å². The number of hydrogen-bond acceptors (Lipinski definition) is 1. The molecule has 1 N–H and O–H groups in total. The molecule has 1 nitrogen and oxygen atoms in total. The predicted octanol–water partition coefficient (Wildman–Crippen LogP) is 5.55. The van der Waals surface area contributed by atoms with E-state index >= 15 is 0 Å². The van der Waals surface area contributed by atoms with Crippen LogP contribution in [0.4, 0.5) is 0 Å². The van der Waals surface area contributed by atoms with E-state index in [1.54, 1.807) is 0 Å². The minimum absolute atomic E-state index is 0.553. The topological polar surface area (TPSA) is 12.0 Å². The van der Waals surface area contributed by atoms with Crippen molar-refractivity contribution in [3.63, 3.8) is 0 Å². The van der Waals surface area contributed by atoms with Crippen LogP contribution in [0.5, 0.6) is 0 Å². The highest BCUT2D eigenvalue weighted by Crippen LogP contribution is 2.40. The fraction of sp³-hybridized carbons (Fsp3) is 0.667. The summed E-state index contributed by atoms with van der Waals surface area (Å²) >= 11 is 2.39. The molecule has 3 atom stereocenters. The van der Waals surface area contributed by atoms with E-state index in [4.69, 9.17) is 0 Å². The molecule has 0 bridgehead atoms. The largest absolute Gasteiger partial charge is 0.310 e. The second-order valence-corrected chi connectivity index (χ2v) is 7.35. The SMILES string of the molecule is CCCNC(c1ccc(I)cc1)C1CCCCC1CC. The summed E-state index contributed by atoms with van der Waals surface area (Å²) in [7, 11) is 0. The fourth-order valence-corrected chi connectivity index (χ4v) is 4.03. The summed E-state index contributed by atoms with van der Waals surface area (Å²) in [6, 6.07) is 9.71. The molecule has 0 amide bonds. The Kier molecular flexibility index (Phi) is 6.82. The van der Waals surface area contributed by atoms with Gasteiger partial charge in [0.1, 0.15) is 0 Å². The van der Waals surface area contributed by atoms with Gasteiger partial charge in [-0.25, -0.2) is 0 Å². The Morgan fingerprint density at radius 2 is 1.85 bits per heavy atom. The molecule has 112 valence electrons. The number of rotatable bonds is 6. The van der Waals surface area contributed by atoms with Gasteiger partial charge in [0.15, 0.2) is 0 Å². The van der Waals surface area contributed by atoms with Crippen LogP contribution < -0.4 is 5.32 Å². The van der Waals surface area contributed by atoms with Crippen molar-refractivity contribution < 1.29 is 0 Å². The quantitative estimate of drug-likeness (QED) is 0.634. The molecule has 1 saturated carbocycles. The third kappa shape index (κ3) is 4.20. The molecule has 0 saturated heterocycles. The average molecular weight is 385 g/mol. The molecule has 1 aromatic rings. The van der Waals surface area contributed by atoms with Crippen molar-refractivity contribution in [2.75, 3.05) is 6.54 Å². The molecule has 0 aromatic heterocycles. The van der Waals surface area contributed by atoms with E-state index in [1.807, 2.05) is 0 Å². The molecular formula is C18H28IN. The van der Waals surface area contributed by atoms with Gasteiger partial charge in [0.2, 0.25) is 0 Å². The summed E-state index contributed by atoms with van der Waals surface area (Å²) in [4.78, 5) is 0. The third-order valence-electron chi connectivity index (χ3n) is 4.76. The van der Waals surface area contributed by atoms with Crippen molar-refractivity contribution in [3.05, 3.63) is 33.4 Å². The van der Waals surface area contributed by atoms with E-state index in [0.29, 0.717) is 6.04 Å². The maximum atomic E-state index is 3.84. The van der Waals surface area contributed by atoms with Gasteiger partial charge in [-0.3, -0.25) is 0 Å². The number of benzene rings is 1. The maximum absolute atomic E-state index is 3.84. The summed E-state index contributed by atoms with van der Waals surface area (Å²) in [6.07, 6.45) is 8.21. The van der Waals surface area contributed by atoms with E-state index in [2.05, 4.69) is 66.0 Å². The molecular weight excluding hydrogens is 357 g/mol. The van der Waals surface area contributed by atoms with Gasteiger partial charge in [-0.15, -0.1) is 0 Å². The Bertz CT molecular complexity index is 387. The Morgan fingerprint density at radius 1 is 1.15 bits per heavy atom. The van der Waals surface area contributed by atoms with E-state index < -0.39 is 0 Å². The average Bonchev–Trinajstić information content (AvgIpc) is 2.50. The number of hydrogen-bond donors (Lipinski definition) is 1. The van der Waals surface area contributed by atoms with Crippen molar-refractivity contribution in [1.82, 2.24) is 5.32 Å². The third-order valence-corrected chi connectivity index (χ3v) is 5.48. The molecule has 1 aromatic carbocycles. The van der Waals surface area contributed by atoms with Gasteiger partial charge >= 0.3 is 0 Å². The van der Waals surface area contributed by atoms with Crippen molar-refractivity contribution in [1.29, 1.82) is 0 Å². The van der Waals surface area contributed by atoms with E-state index in [1.165, 1.54) is 47.7 Å². The van der Waals surface area contributed by atoms with Gasteiger partial charge in [-0.05, 0) is 71.5 Å². The molecule has 0 heterocycles. The lowest BCUT2D eigenvalue weighted by atomic mass is 9.72. The molecule has 1 fully saturated rings. The van der Waals surface area contributed by atoms with Crippen LogP contribution in [0.1, 0.15) is 64.0 Å². The molecule has 1 aliphatic rings. The van der Waals surface area contributed by atoms with Gasteiger partial charge in [-0.2, -0.15) is 0 Å². The van der Waals surface area contributed by atoms with Gasteiger partial charge in [0.05, 0.1) is 0 Å². The summed E-state index contributed by atoms with van der Waals surface area (Å²) in [6.45, 7) is 5.76. The maximum Gasteiger partial charge on any atom is 0.0351 e. The molecule has 3 unspecified atom stereocenters. The normalized spacial score (nSPS) is 24.6. The Hall–Kier alpha value is -0.0900. The van der Waals surface area contributed by atoms with Gasteiger partial charge in [-0.1, -0.05) is 51.7 Å². The molecule has 0 aliphatic heterocycles. The van der Waals surface area contributed by atoms with Crippen LogP contribution in [0.25, 0.3) is 0 Å². The van der Waals surface area contributed by atoms with Crippen molar-refractivity contribution in [2.24, 2.45) is 11.8 Å². The predicted molar refractivity (Wildman–Crippen MR) is 95.9 cm³/mol. The first-order valence-electron chi connectivity index (χ1n) is 8.25. The molecule has 0 radical (unpaired) electrons. The second kappa shape index (κ2) is 8.38. The highest BCUT2D eigenvalue weighted by atomic mass is 127. The molecule has 2 heteroatoms. The van der Waals surface area contributed by atoms with Gasteiger partial charge < -0.3 is 5.32 Å². The van der Waals surface area contributed by atoms with E-state index in [9.17, 15) is 0 Å². The lowest BCUT2D eigenvalue weighted by Crippen LogP contribution is -2.34. The minimum Gasteiger partial charge on any atom is -0.310 e. The Labute approximate surface area is 138 Å². The van der Waals surface area contributed by atoms with Crippen LogP contribution >= 0.6 is 22.6 Å². The molecule has 0 spiro atoms. The van der Waals surface area contributed by atoms with Crippen LogP contribution in [-0.4, -0.2) is 6.54 Å². The van der Waals surface area contributed by atoms with Gasteiger partial charge in [0, 0.05) is 9.61 Å². The first-order valence-corrected chi connectivity index (χ1v) is 9.33. The van der Waals surface area contributed by atoms with Crippen LogP contribution in [0.15, 0.2) is 24.3 Å². The first-order chi connectivity index (χ1) is 9.76. The number of halogens is 1. The second-order valence-electron chi connectivity index (χ2n) is 6.10. The smallest absolute Gasteiger partial charge is 0.0351 e. The standard InChI is InChI=1S/C18H28IN/c1-3-13-20-18(15-9-11-16(19)12-10-15)17-8-6-5-7-14(17)4-2/h9-12,14,17-18,20H,3-8,13H2,1-2H3. The Balaban J connectivity index is 2.18. The van der Waals surface area contributed by atoms with Crippen molar-refractivity contribution in [2.45, 2.75) is 58.4 Å². The summed E-state index contributed by atoms with van der Waals surface area (Å²) in [5.41, 5.74) is 1.49. The highest BCUT2D eigenvalue weighted by molar-refractivity contribution is 14.1.